The number of aryl methyl sites for hydroxylation is 2. The Balaban J connectivity index is 1.52. The summed E-state index contributed by atoms with van der Waals surface area (Å²) in [6.45, 7) is 7.76. The molecule has 1 saturated heterocycles. The number of amides is 1. The first-order chi connectivity index (χ1) is 11.6. The van der Waals surface area contributed by atoms with Gasteiger partial charge in [-0.2, -0.15) is 0 Å². The van der Waals surface area contributed by atoms with Crippen LogP contribution in [-0.2, 0) is 11.2 Å². The number of carbonyl (C=O) groups excluding carboxylic acids is 1. The Labute approximate surface area is 144 Å². The lowest BCUT2D eigenvalue weighted by atomic mass is 10.2. The van der Waals surface area contributed by atoms with Gasteiger partial charge in [0.1, 0.15) is 17.2 Å². The van der Waals surface area contributed by atoms with Crippen molar-refractivity contribution in [2.45, 2.75) is 20.3 Å². The lowest BCUT2D eigenvalue weighted by Crippen LogP contribution is -2.49. The molecule has 0 bridgehead atoms. The van der Waals surface area contributed by atoms with Crippen LogP contribution in [0.5, 0.6) is 0 Å². The van der Waals surface area contributed by atoms with Crippen LogP contribution < -0.4 is 10.2 Å². The van der Waals surface area contributed by atoms with Crippen LogP contribution in [0, 0.1) is 6.92 Å². The van der Waals surface area contributed by atoms with E-state index in [0.717, 1.165) is 49.9 Å². The van der Waals surface area contributed by atoms with Gasteiger partial charge in [0.25, 0.3) is 0 Å². The van der Waals surface area contributed by atoms with Crippen LogP contribution in [0.1, 0.15) is 18.4 Å². The third-order valence-corrected chi connectivity index (χ3v) is 4.52. The van der Waals surface area contributed by atoms with Crippen LogP contribution in [0.3, 0.4) is 0 Å². The van der Waals surface area contributed by atoms with Crippen LogP contribution in [0.25, 0.3) is 0 Å². The molecule has 0 atom stereocenters. The second kappa shape index (κ2) is 7.63. The van der Waals surface area contributed by atoms with E-state index in [1.54, 1.807) is 5.51 Å². The van der Waals surface area contributed by atoms with Crippen LogP contribution in [0.2, 0.25) is 0 Å². The summed E-state index contributed by atoms with van der Waals surface area (Å²) in [5.74, 6) is 1.74. The van der Waals surface area contributed by atoms with Gasteiger partial charge in [-0.25, -0.2) is 9.97 Å². The van der Waals surface area contributed by atoms with E-state index in [-0.39, 0.29) is 5.91 Å². The largest absolute Gasteiger partial charge is 0.354 e. The quantitative estimate of drug-likeness (QED) is 0.862. The second-order valence-electron chi connectivity index (χ2n) is 5.67. The predicted molar refractivity (Wildman–Crippen MR) is 93.3 cm³/mol. The zero-order valence-electron chi connectivity index (χ0n) is 13.9. The van der Waals surface area contributed by atoms with Crippen molar-refractivity contribution in [3.8, 4) is 0 Å². The van der Waals surface area contributed by atoms with E-state index in [9.17, 15) is 4.79 Å². The summed E-state index contributed by atoms with van der Waals surface area (Å²) in [6.07, 6.45) is 0.905. The third-order valence-electron chi connectivity index (χ3n) is 3.91. The van der Waals surface area contributed by atoms with Crippen LogP contribution >= 0.6 is 11.3 Å². The molecule has 1 aliphatic rings. The fourth-order valence-corrected chi connectivity index (χ4v) is 3.14. The average molecular weight is 347 g/mol. The molecule has 128 valence electrons. The number of piperazine rings is 1. The number of hydrogen-bond acceptors (Lipinski definition) is 8. The summed E-state index contributed by atoms with van der Waals surface area (Å²) in [7, 11) is 0. The predicted octanol–water partition coefficient (Wildman–Crippen LogP) is 0.960. The highest BCUT2D eigenvalue weighted by atomic mass is 32.1. The summed E-state index contributed by atoms with van der Waals surface area (Å²) in [4.78, 5) is 25.4. The molecule has 0 aliphatic carbocycles. The number of nitrogens with one attached hydrogen (secondary N) is 1. The molecule has 0 aromatic carbocycles. The minimum Gasteiger partial charge on any atom is -0.354 e. The summed E-state index contributed by atoms with van der Waals surface area (Å²) >= 11 is 1.32. The van der Waals surface area contributed by atoms with Crippen LogP contribution in [-0.4, -0.2) is 63.7 Å². The van der Waals surface area contributed by atoms with Gasteiger partial charge in [-0.1, -0.05) is 18.3 Å². The molecular formula is C15H21N7OS. The second-order valence-corrected chi connectivity index (χ2v) is 6.51. The van der Waals surface area contributed by atoms with Crippen molar-refractivity contribution in [1.29, 1.82) is 0 Å². The first kappa shape index (κ1) is 16.7. The fourth-order valence-electron chi connectivity index (χ4n) is 2.68. The molecule has 8 nitrogen and oxygen atoms in total. The SMILES string of the molecule is CCc1cc(N2CCN(CC(=O)Nc3nncs3)CC2)nc(C)n1. The molecule has 2 aromatic heterocycles. The van der Waals surface area contributed by atoms with E-state index in [1.807, 2.05) is 6.92 Å². The molecule has 2 aromatic rings. The summed E-state index contributed by atoms with van der Waals surface area (Å²) in [5, 5.41) is 10.8. The van der Waals surface area contributed by atoms with Gasteiger partial charge in [-0.15, -0.1) is 10.2 Å². The van der Waals surface area contributed by atoms with E-state index in [4.69, 9.17) is 0 Å². The number of aromatic nitrogens is 4. The van der Waals surface area contributed by atoms with Crippen molar-refractivity contribution in [1.82, 2.24) is 25.1 Å². The molecule has 9 heteroatoms. The van der Waals surface area contributed by atoms with E-state index in [1.165, 1.54) is 11.3 Å². The number of carbonyl (C=O) groups is 1. The Morgan fingerprint density at radius 1 is 1.29 bits per heavy atom. The summed E-state index contributed by atoms with van der Waals surface area (Å²) in [6, 6.07) is 2.06. The van der Waals surface area contributed by atoms with Crippen molar-refractivity contribution in [2.24, 2.45) is 0 Å². The number of rotatable bonds is 5. The van der Waals surface area contributed by atoms with Crippen LogP contribution in [0.15, 0.2) is 11.6 Å². The molecule has 0 saturated carbocycles. The molecule has 1 aliphatic heterocycles. The maximum atomic E-state index is 12.0. The first-order valence-corrected chi connectivity index (χ1v) is 8.90. The number of hydrogen-bond donors (Lipinski definition) is 1. The van der Waals surface area contributed by atoms with Gasteiger partial charge in [-0.3, -0.25) is 15.0 Å². The smallest absolute Gasteiger partial charge is 0.240 e. The van der Waals surface area contributed by atoms with Crippen LogP contribution in [0.4, 0.5) is 10.9 Å². The Kier molecular flexibility index (Phi) is 5.31. The van der Waals surface area contributed by atoms with Crippen molar-refractivity contribution in [2.75, 3.05) is 42.9 Å². The van der Waals surface area contributed by atoms with Crippen molar-refractivity contribution >= 4 is 28.2 Å². The zero-order chi connectivity index (χ0) is 16.9. The first-order valence-electron chi connectivity index (χ1n) is 8.02. The molecule has 24 heavy (non-hydrogen) atoms. The summed E-state index contributed by atoms with van der Waals surface area (Å²) < 4.78 is 0. The fraction of sp³-hybridized carbons (Fsp3) is 0.533. The highest BCUT2D eigenvalue weighted by Gasteiger charge is 2.20. The third kappa shape index (κ3) is 4.24. The topological polar surface area (TPSA) is 87.1 Å². The molecule has 0 spiro atoms. The van der Waals surface area contributed by atoms with E-state index < -0.39 is 0 Å². The Morgan fingerprint density at radius 3 is 2.75 bits per heavy atom. The molecular weight excluding hydrogens is 326 g/mol. The molecule has 0 unspecified atom stereocenters. The van der Waals surface area contributed by atoms with E-state index in [2.05, 4.69) is 48.3 Å². The van der Waals surface area contributed by atoms with Gasteiger partial charge >= 0.3 is 0 Å². The van der Waals surface area contributed by atoms with Gasteiger partial charge in [0.05, 0.1) is 6.54 Å². The summed E-state index contributed by atoms with van der Waals surface area (Å²) in [5.41, 5.74) is 2.67. The molecule has 1 N–H and O–H groups in total. The number of nitrogens with zero attached hydrogens (tertiary/aromatic N) is 6. The van der Waals surface area contributed by atoms with Gasteiger partial charge < -0.3 is 4.90 Å². The Hall–Kier alpha value is -2.13. The highest BCUT2D eigenvalue weighted by molar-refractivity contribution is 7.13. The standard InChI is InChI=1S/C15H21N7OS/c1-3-12-8-13(18-11(2)17-12)22-6-4-21(5-7-22)9-14(23)19-15-20-16-10-24-15/h8,10H,3-7,9H2,1-2H3,(H,19,20,23). The van der Waals surface area contributed by atoms with Gasteiger partial charge in [0.15, 0.2) is 0 Å². The van der Waals surface area contributed by atoms with Gasteiger partial charge in [0, 0.05) is 37.9 Å². The van der Waals surface area contributed by atoms with Gasteiger partial charge in [-0.05, 0) is 13.3 Å². The van der Waals surface area contributed by atoms with Crippen molar-refractivity contribution in [3.63, 3.8) is 0 Å². The molecule has 0 radical (unpaired) electrons. The minimum atomic E-state index is -0.0497. The highest BCUT2D eigenvalue weighted by Crippen LogP contribution is 2.16. The normalized spacial score (nSPS) is 15.5. The lowest BCUT2D eigenvalue weighted by Gasteiger charge is -2.35. The number of anilines is 2. The van der Waals surface area contributed by atoms with E-state index >= 15 is 0 Å². The average Bonchev–Trinajstić information content (AvgIpc) is 3.07. The molecule has 3 heterocycles. The maximum absolute atomic E-state index is 12.0. The lowest BCUT2D eigenvalue weighted by molar-refractivity contribution is -0.117. The van der Waals surface area contributed by atoms with E-state index in [0.29, 0.717) is 11.7 Å². The van der Waals surface area contributed by atoms with Crippen molar-refractivity contribution in [3.05, 3.63) is 23.1 Å². The molecule has 1 fully saturated rings. The maximum Gasteiger partial charge on any atom is 0.240 e. The van der Waals surface area contributed by atoms with Gasteiger partial charge in [0.2, 0.25) is 11.0 Å². The minimum absolute atomic E-state index is 0.0497. The monoisotopic (exact) mass is 347 g/mol. The Bertz CT molecular complexity index is 683. The molecule has 1 amide bonds. The Morgan fingerprint density at radius 2 is 2.08 bits per heavy atom. The van der Waals surface area contributed by atoms with Crippen molar-refractivity contribution < 1.29 is 4.79 Å². The molecule has 3 rings (SSSR count). The zero-order valence-corrected chi connectivity index (χ0v) is 14.7.